The molecule has 1 heterocycles. The van der Waals surface area contributed by atoms with Gasteiger partial charge < -0.3 is 14.5 Å². The van der Waals surface area contributed by atoms with E-state index in [1.807, 2.05) is 61.5 Å². The lowest BCUT2D eigenvalue weighted by Crippen LogP contribution is -2.42. The van der Waals surface area contributed by atoms with Crippen LogP contribution in [-0.4, -0.2) is 22.1 Å². The van der Waals surface area contributed by atoms with E-state index in [1.54, 1.807) is 4.90 Å². The molecule has 1 aliphatic rings. The highest BCUT2D eigenvalue weighted by atomic mass is 16.6. The molecule has 0 aliphatic heterocycles. The van der Waals surface area contributed by atoms with Gasteiger partial charge in [0, 0.05) is 23.7 Å². The van der Waals surface area contributed by atoms with Crippen LogP contribution in [0.3, 0.4) is 0 Å². The van der Waals surface area contributed by atoms with Gasteiger partial charge >= 0.3 is 0 Å². The van der Waals surface area contributed by atoms with Gasteiger partial charge in [0.05, 0.1) is 5.27 Å². The summed E-state index contributed by atoms with van der Waals surface area (Å²) >= 11 is 0. The van der Waals surface area contributed by atoms with E-state index in [1.165, 1.54) is 4.68 Å². The number of hydrogen-bond acceptors (Lipinski definition) is 4. The van der Waals surface area contributed by atoms with Gasteiger partial charge in [0.2, 0.25) is 5.69 Å². The van der Waals surface area contributed by atoms with Crippen LogP contribution in [0, 0.1) is 6.92 Å². The minimum absolute atomic E-state index is 0.0762. The molecule has 6 nitrogen and oxygen atoms in total. The first-order valence-corrected chi connectivity index (χ1v) is 8.64. The Morgan fingerprint density at radius 2 is 1.88 bits per heavy atom. The number of amides is 1. The van der Waals surface area contributed by atoms with Crippen LogP contribution in [0.1, 0.15) is 34.5 Å². The quantitative estimate of drug-likeness (QED) is 0.662. The van der Waals surface area contributed by atoms with Crippen molar-refractivity contribution in [1.29, 1.82) is 0 Å². The summed E-state index contributed by atoms with van der Waals surface area (Å²) in [5.74, 6) is -0.594. The van der Waals surface area contributed by atoms with Crippen molar-refractivity contribution in [2.75, 3.05) is 0 Å². The minimum Gasteiger partial charge on any atom is -0.539 e. The summed E-state index contributed by atoms with van der Waals surface area (Å²) in [5, 5.41) is 16.1. The first kappa shape index (κ1) is 16.3. The van der Waals surface area contributed by atoms with Crippen LogP contribution in [0.5, 0.6) is 5.95 Å². The summed E-state index contributed by atoms with van der Waals surface area (Å²) in [6, 6.07) is 16.9. The van der Waals surface area contributed by atoms with E-state index in [4.69, 9.17) is 4.52 Å². The summed E-state index contributed by atoms with van der Waals surface area (Å²) in [7, 11) is 0. The summed E-state index contributed by atoms with van der Waals surface area (Å²) in [5.41, 5.74) is 2.80. The molecule has 1 amide bonds. The van der Waals surface area contributed by atoms with Crippen molar-refractivity contribution < 1.29 is 19.1 Å². The Hall–Kier alpha value is -3.15. The summed E-state index contributed by atoms with van der Waals surface area (Å²) < 4.78 is 6.34. The summed E-state index contributed by atoms with van der Waals surface area (Å²) in [6.07, 6.45) is 1.89. The Bertz CT molecular complexity index is 915. The van der Waals surface area contributed by atoms with Gasteiger partial charge in [-0.05, 0) is 36.6 Å². The second-order valence-electron chi connectivity index (χ2n) is 6.58. The second kappa shape index (κ2) is 6.63. The van der Waals surface area contributed by atoms with Crippen LogP contribution < -0.4 is 9.79 Å². The van der Waals surface area contributed by atoms with Gasteiger partial charge in [-0.1, -0.05) is 35.9 Å². The molecule has 26 heavy (non-hydrogen) atoms. The Labute approximate surface area is 151 Å². The molecule has 0 bridgehead atoms. The van der Waals surface area contributed by atoms with Crippen LogP contribution in [0.25, 0.3) is 5.69 Å². The Balaban J connectivity index is 1.65. The van der Waals surface area contributed by atoms with Crippen LogP contribution in [0.4, 0.5) is 0 Å². The third kappa shape index (κ3) is 3.18. The van der Waals surface area contributed by atoms with E-state index < -0.39 is 5.95 Å². The molecule has 1 aliphatic carbocycles. The van der Waals surface area contributed by atoms with Gasteiger partial charge in [0.25, 0.3) is 11.6 Å². The fraction of sp³-hybridized carbons (Fsp3) is 0.250. The minimum atomic E-state index is -0.517. The Kier molecular flexibility index (Phi) is 4.16. The molecule has 4 rings (SSSR count). The van der Waals surface area contributed by atoms with Gasteiger partial charge in [-0.15, -0.1) is 0 Å². The number of rotatable bonds is 5. The largest absolute Gasteiger partial charge is 0.539 e. The lowest BCUT2D eigenvalue weighted by atomic mass is 10.1. The molecule has 1 aromatic heterocycles. The lowest BCUT2D eigenvalue weighted by molar-refractivity contribution is -0.678. The van der Waals surface area contributed by atoms with Crippen LogP contribution in [-0.2, 0) is 6.54 Å². The van der Waals surface area contributed by atoms with E-state index >= 15 is 0 Å². The molecule has 0 spiro atoms. The fourth-order valence-corrected chi connectivity index (χ4v) is 2.95. The number of para-hydroxylation sites is 1. The van der Waals surface area contributed by atoms with Gasteiger partial charge in [-0.25, -0.2) is 0 Å². The maximum Gasteiger partial charge on any atom is 0.259 e. The first-order valence-electron chi connectivity index (χ1n) is 8.64. The fourth-order valence-electron chi connectivity index (χ4n) is 2.95. The molecular weight excluding hydrogens is 330 g/mol. The van der Waals surface area contributed by atoms with E-state index in [0.717, 1.165) is 24.1 Å². The molecule has 1 fully saturated rings. The first-order chi connectivity index (χ1) is 12.6. The van der Waals surface area contributed by atoms with E-state index in [0.29, 0.717) is 11.3 Å². The van der Waals surface area contributed by atoms with Gasteiger partial charge in [0.1, 0.15) is 6.54 Å². The number of aryl methyl sites for hydroxylation is 1. The molecule has 0 atom stereocenters. The number of hydrogen-bond donors (Lipinski definition) is 0. The number of carbonyl (C=O) groups is 1. The molecular formula is C20H19N3O3. The molecule has 0 saturated heterocycles. The third-order valence-electron chi connectivity index (χ3n) is 4.56. The van der Waals surface area contributed by atoms with Crippen molar-refractivity contribution >= 4 is 5.91 Å². The molecule has 0 unspecified atom stereocenters. The van der Waals surface area contributed by atoms with Gasteiger partial charge in [-0.2, -0.15) is 0 Å². The predicted molar refractivity (Wildman–Crippen MR) is 91.6 cm³/mol. The number of aromatic nitrogens is 2. The highest BCUT2D eigenvalue weighted by Crippen LogP contribution is 2.30. The monoisotopic (exact) mass is 349 g/mol. The van der Waals surface area contributed by atoms with Crippen molar-refractivity contribution in [1.82, 2.24) is 10.2 Å². The predicted octanol–water partition coefficient (Wildman–Crippen LogP) is 2.14. The van der Waals surface area contributed by atoms with Crippen LogP contribution in [0.2, 0.25) is 0 Å². The number of nitrogens with zero attached hydrogens (tertiary/aromatic N) is 3. The zero-order valence-electron chi connectivity index (χ0n) is 14.5. The van der Waals surface area contributed by atoms with Crippen LogP contribution >= 0.6 is 0 Å². The zero-order chi connectivity index (χ0) is 18.1. The van der Waals surface area contributed by atoms with Crippen molar-refractivity contribution in [2.24, 2.45) is 0 Å². The van der Waals surface area contributed by atoms with Crippen LogP contribution in [0.15, 0.2) is 59.1 Å². The van der Waals surface area contributed by atoms with Crippen molar-refractivity contribution in [2.45, 2.75) is 32.4 Å². The highest BCUT2D eigenvalue weighted by Gasteiger charge is 2.36. The van der Waals surface area contributed by atoms with Gasteiger partial charge in [-0.3, -0.25) is 4.79 Å². The summed E-state index contributed by atoms with van der Waals surface area (Å²) in [4.78, 5) is 14.7. The molecule has 1 saturated carbocycles. The van der Waals surface area contributed by atoms with Crippen molar-refractivity contribution in [3.63, 3.8) is 0 Å². The molecule has 0 N–H and O–H groups in total. The average Bonchev–Trinajstić information content (AvgIpc) is 3.44. The lowest BCUT2D eigenvalue weighted by Gasteiger charge is -2.21. The third-order valence-corrected chi connectivity index (χ3v) is 4.56. The SMILES string of the molecule is Cc1ccc(C(=O)N(Cc2c([O-])on[n+]2-c2ccccc2)C2CC2)cc1. The molecule has 3 aromatic rings. The van der Waals surface area contributed by atoms with Crippen molar-refractivity contribution in [3.8, 4) is 11.6 Å². The Morgan fingerprint density at radius 1 is 1.19 bits per heavy atom. The van der Waals surface area contributed by atoms with Gasteiger partial charge in [0.15, 0.2) is 5.95 Å². The van der Waals surface area contributed by atoms with E-state index in [-0.39, 0.29) is 18.5 Å². The number of benzene rings is 2. The van der Waals surface area contributed by atoms with E-state index in [9.17, 15) is 9.90 Å². The smallest absolute Gasteiger partial charge is 0.259 e. The zero-order valence-corrected chi connectivity index (χ0v) is 14.5. The molecule has 6 heteroatoms. The maximum absolute atomic E-state index is 13.0. The standard InChI is InChI=1S/C20H19N3O3/c1-14-7-9-15(10-8-14)19(24)22(16-11-12-16)13-18-20(25)26-21-23(18)17-5-3-2-4-6-17/h2-10,16H,11-13H2,1H3. The molecule has 0 radical (unpaired) electrons. The number of carbonyl (C=O) groups excluding carboxylic acids is 1. The summed E-state index contributed by atoms with van der Waals surface area (Å²) in [6.45, 7) is 2.16. The average molecular weight is 349 g/mol. The normalized spacial score (nSPS) is 13.6. The second-order valence-corrected chi connectivity index (χ2v) is 6.58. The molecule has 132 valence electrons. The van der Waals surface area contributed by atoms with Crippen molar-refractivity contribution in [3.05, 3.63) is 71.4 Å². The van der Waals surface area contributed by atoms with E-state index in [2.05, 4.69) is 5.27 Å². The maximum atomic E-state index is 13.0. The topological polar surface area (TPSA) is 73.3 Å². The highest BCUT2D eigenvalue weighted by molar-refractivity contribution is 5.94. The molecule has 2 aromatic carbocycles. The Morgan fingerprint density at radius 3 is 2.54 bits per heavy atom.